The fourth-order valence-electron chi connectivity index (χ4n) is 2.55. The van der Waals surface area contributed by atoms with Crippen LogP contribution in [0.4, 0.5) is 5.13 Å². The lowest BCUT2D eigenvalue weighted by Gasteiger charge is -2.12. The van der Waals surface area contributed by atoms with Crippen molar-refractivity contribution in [2.75, 3.05) is 12.4 Å². The van der Waals surface area contributed by atoms with Crippen LogP contribution in [0, 0.1) is 6.92 Å². The Balaban J connectivity index is 1.97. The van der Waals surface area contributed by atoms with Gasteiger partial charge in [0.05, 0.1) is 12.7 Å². The van der Waals surface area contributed by atoms with Gasteiger partial charge in [-0.05, 0) is 46.9 Å². The third-order valence-corrected chi connectivity index (χ3v) is 4.75. The number of amides is 1. The molecule has 2 aromatic heterocycles. The van der Waals surface area contributed by atoms with Crippen LogP contribution in [0.2, 0.25) is 0 Å². The van der Waals surface area contributed by atoms with Crippen molar-refractivity contribution in [2.24, 2.45) is 0 Å². The summed E-state index contributed by atoms with van der Waals surface area (Å²) in [5.74, 6) is 0.130. The number of hydrogen-bond donors (Lipinski definition) is 1. The summed E-state index contributed by atoms with van der Waals surface area (Å²) in [6.45, 7) is 6.20. The van der Waals surface area contributed by atoms with Crippen molar-refractivity contribution in [3.8, 4) is 16.3 Å². The number of rotatable bonds is 5. The summed E-state index contributed by atoms with van der Waals surface area (Å²) >= 11 is 1.17. The number of nitrogens with one attached hydrogen (secondary N) is 1. The molecule has 0 saturated carbocycles. The molecule has 0 aliphatic rings. The molecule has 134 valence electrons. The molecule has 0 atom stereocenters. The molecule has 3 rings (SSSR count). The number of ether oxygens (including phenoxy) is 1. The highest BCUT2D eigenvalue weighted by molar-refractivity contribution is 7.17. The predicted octanol–water partition coefficient (Wildman–Crippen LogP) is 4.29. The van der Waals surface area contributed by atoms with Crippen molar-refractivity contribution in [3.63, 3.8) is 0 Å². The Labute approximate surface area is 156 Å². The Bertz CT molecular complexity index is 937. The average molecular weight is 368 g/mol. The summed E-state index contributed by atoms with van der Waals surface area (Å²) < 4.78 is 5.01. The molecule has 0 aliphatic heterocycles. The summed E-state index contributed by atoms with van der Waals surface area (Å²) in [5.41, 5.74) is 4.39. The quantitative estimate of drug-likeness (QED) is 0.727. The molecular formula is C19H20N4O2S. The van der Waals surface area contributed by atoms with Gasteiger partial charge in [-0.3, -0.25) is 15.1 Å². The Morgan fingerprint density at radius 2 is 2.04 bits per heavy atom. The Hall–Kier alpha value is -2.80. The SMILES string of the molecule is COc1nnc(NC(=O)c2cnc(C)cc2-c2cccc(C(C)C)c2)s1. The van der Waals surface area contributed by atoms with E-state index >= 15 is 0 Å². The minimum atomic E-state index is -0.277. The highest BCUT2D eigenvalue weighted by atomic mass is 32.1. The second-order valence-electron chi connectivity index (χ2n) is 6.18. The smallest absolute Gasteiger partial charge is 0.295 e. The zero-order valence-electron chi connectivity index (χ0n) is 15.1. The standard InChI is InChI=1S/C19H20N4O2S/c1-11(2)13-6-5-7-14(9-13)15-8-12(3)20-10-16(15)17(24)21-18-22-23-19(25-4)26-18/h5-11H,1-4H3,(H,21,22,24). The predicted molar refractivity (Wildman–Crippen MR) is 103 cm³/mol. The summed E-state index contributed by atoms with van der Waals surface area (Å²) in [6.07, 6.45) is 1.60. The molecule has 0 spiro atoms. The third-order valence-electron chi connectivity index (χ3n) is 3.95. The van der Waals surface area contributed by atoms with Crippen molar-refractivity contribution in [1.29, 1.82) is 0 Å². The number of nitrogens with zero attached hydrogens (tertiary/aromatic N) is 3. The molecule has 0 bridgehead atoms. The minimum absolute atomic E-state index is 0.277. The molecule has 0 fully saturated rings. The molecule has 0 saturated heterocycles. The van der Waals surface area contributed by atoms with Crippen LogP contribution in [0.1, 0.15) is 41.4 Å². The molecule has 26 heavy (non-hydrogen) atoms. The lowest BCUT2D eigenvalue weighted by atomic mass is 9.95. The molecule has 0 unspecified atom stereocenters. The number of aromatic nitrogens is 3. The molecule has 0 aliphatic carbocycles. The number of anilines is 1. The first-order valence-corrected chi connectivity index (χ1v) is 9.05. The van der Waals surface area contributed by atoms with Gasteiger partial charge >= 0.3 is 0 Å². The lowest BCUT2D eigenvalue weighted by Crippen LogP contribution is -2.14. The molecule has 2 heterocycles. The van der Waals surface area contributed by atoms with Gasteiger partial charge in [-0.1, -0.05) is 43.2 Å². The highest BCUT2D eigenvalue weighted by Gasteiger charge is 2.17. The summed E-state index contributed by atoms with van der Waals surface area (Å²) in [4.78, 5) is 17.1. The van der Waals surface area contributed by atoms with E-state index in [0.717, 1.165) is 16.8 Å². The molecule has 1 amide bonds. The summed E-state index contributed by atoms with van der Waals surface area (Å²) in [6, 6.07) is 10.2. The van der Waals surface area contributed by atoms with Crippen LogP contribution in [0.3, 0.4) is 0 Å². The maximum atomic E-state index is 12.8. The molecule has 3 aromatic rings. The molecular weight excluding hydrogens is 348 g/mol. The van der Waals surface area contributed by atoms with Gasteiger partial charge < -0.3 is 4.74 Å². The van der Waals surface area contributed by atoms with E-state index < -0.39 is 0 Å². The Kier molecular flexibility index (Phi) is 5.27. The highest BCUT2D eigenvalue weighted by Crippen LogP contribution is 2.29. The lowest BCUT2D eigenvalue weighted by molar-refractivity contribution is 0.102. The number of carbonyl (C=O) groups excluding carboxylic acids is 1. The number of hydrogen-bond acceptors (Lipinski definition) is 6. The second-order valence-corrected chi connectivity index (χ2v) is 7.12. The molecule has 1 N–H and O–H groups in total. The number of methoxy groups -OCH3 is 1. The normalized spacial score (nSPS) is 10.8. The first kappa shape index (κ1) is 18.0. The average Bonchev–Trinajstić information content (AvgIpc) is 3.09. The largest absolute Gasteiger partial charge is 0.472 e. The van der Waals surface area contributed by atoms with Gasteiger partial charge in [0.15, 0.2) is 0 Å². The number of aryl methyl sites for hydroxylation is 1. The molecule has 7 heteroatoms. The maximum Gasteiger partial charge on any atom is 0.295 e. The van der Waals surface area contributed by atoms with E-state index in [1.165, 1.54) is 24.0 Å². The van der Waals surface area contributed by atoms with E-state index in [1.807, 2.05) is 25.1 Å². The molecule has 0 radical (unpaired) electrons. The van der Waals surface area contributed by atoms with Gasteiger partial charge in [-0.15, -0.1) is 5.10 Å². The topological polar surface area (TPSA) is 77.0 Å². The Morgan fingerprint density at radius 1 is 1.23 bits per heavy atom. The zero-order valence-corrected chi connectivity index (χ0v) is 15.9. The van der Waals surface area contributed by atoms with Crippen molar-refractivity contribution in [1.82, 2.24) is 15.2 Å². The minimum Gasteiger partial charge on any atom is -0.472 e. The van der Waals surface area contributed by atoms with Gasteiger partial charge in [0.25, 0.3) is 11.1 Å². The van der Waals surface area contributed by atoms with Crippen LogP contribution in [0.25, 0.3) is 11.1 Å². The zero-order chi connectivity index (χ0) is 18.7. The van der Waals surface area contributed by atoms with Crippen LogP contribution in [-0.4, -0.2) is 28.2 Å². The van der Waals surface area contributed by atoms with E-state index in [2.05, 4.69) is 46.5 Å². The van der Waals surface area contributed by atoms with Crippen LogP contribution >= 0.6 is 11.3 Å². The summed E-state index contributed by atoms with van der Waals surface area (Å²) in [5, 5.41) is 11.3. The summed E-state index contributed by atoms with van der Waals surface area (Å²) in [7, 11) is 1.51. The van der Waals surface area contributed by atoms with E-state index in [-0.39, 0.29) is 5.91 Å². The Morgan fingerprint density at radius 3 is 2.73 bits per heavy atom. The number of carbonyl (C=O) groups is 1. The van der Waals surface area contributed by atoms with Crippen molar-refractivity contribution in [2.45, 2.75) is 26.7 Å². The van der Waals surface area contributed by atoms with Crippen LogP contribution in [-0.2, 0) is 0 Å². The van der Waals surface area contributed by atoms with Crippen molar-refractivity contribution >= 4 is 22.4 Å². The van der Waals surface area contributed by atoms with Gasteiger partial charge in [0.2, 0.25) is 5.13 Å². The first-order valence-electron chi connectivity index (χ1n) is 8.23. The van der Waals surface area contributed by atoms with E-state index in [4.69, 9.17) is 4.74 Å². The fraction of sp³-hybridized carbons (Fsp3) is 0.263. The van der Waals surface area contributed by atoms with E-state index in [9.17, 15) is 4.79 Å². The fourth-order valence-corrected chi connectivity index (χ4v) is 3.11. The van der Waals surface area contributed by atoms with Crippen LogP contribution in [0.5, 0.6) is 5.19 Å². The monoisotopic (exact) mass is 368 g/mol. The third kappa shape index (κ3) is 3.88. The van der Waals surface area contributed by atoms with Crippen molar-refractivity contribution < 1.29 is 9.53 Å². The van der Waals surface area contributed by atoms with Gasteiger partial charge in [-0.25, -0.2) is 0 Å². The molecule has 6 nitrogen and oxygen atoms in total. The van der Waals surface area contributed by atoms with Crippen LogP contribution < -0.4 is 10.1 Å². The molecule has 1 aromatic carbocycles. The maximum absolute atomic E-state index is 12.8. The number of benzene rings is 1. The van der Waals surface area contributed by atoms with Crippen LogP contribution in [0.15, 0.2) is 36.5 Å². The van der Waals surface area contributed by atoms with E-state index in [0.29, 0.717) is 21.8 Å². The first-order chi connectivity index (χ1) is 12.5. The van der Waals surface area contributed by atoms with Crippen molar-refractivity contribution in [3.05, 3.63) is 53.3 Å². The number of pyridine rings is 1. The van der Waals surface area contributed by atoms with Gasteiger partial charge in [0.1, 0.15) is 0 Å². The van der Waals surface area contributed by atoms with Gasteiger partial charge in [0, 0.05) is 11.9 Å². The van der Waals surface area contributed by atoms with E-state index in [1.54, 1.807) is 6.20 Å². The van der Waals surface area contributed by atoms with Gasteiger partial charge in [-0.2, -0.15) is 0 Å². The second kappa shape index (κ2) is 7.61.